The van der Waals surface area contributed by atoms with E-state index < -0.39 is 0 Å². The van der Waals surface area contributed by atoms with Gasteiger partial charge in [-0.15, -0.1) is 0 Å². The summed E-state index contributed by atoms with van der Waals surface area (Å²) in [6, 6.07) is 28.8. The van der Waals surface area contributed by atoms with Gasteiger partial charge in [0.25, 0.3) is 5.91 Å². The Morgan fingerprint density at radius 3 is 2.34 bits per heavy atom. The van der Waals surface area contributed by atoms with Crippen molar-refractivity contribution in [3.63, 3.8) is 0 Å². The minimum atomic E-state index is 0.0941. The monoisotopic (exact) mass is 566 g/mol. The van der Waals surface area contributed by atoms with Gasteiger partial charge >= 0.3 is 0 Å². The van der Waals surface area contributed by atoms with Gasteiger partial charge in [-0.2, -0.15) is 0 Å². The molecular formula is C35H39ClN4O. The van der Waals surface area contributed by atoms with Crippen LogP contribution in [0, 0.1) is 6.92 Å². The van der Waals surface area contributed by atoms with Crippen molar-refractivity contribution >= 4 is 28.5 Å². The number of aryl methyl sites for hydroxylation is 1. The van der Waals surface area contributed by atoms with Gasteiger partial charge in [0.1, 0.15) is 5.82 Å². The number of hydrogen-bond acceptors (Lipinski definition) is 3. The lowest BCUT2D eigenvalue weighted by molar-refractivity contribution is 0.0607. The zero-order chi connectivity index (χ0) is 28.0. The van der Waals surface area contributed by atoms with Gasteiger partial charge in [-0.05, 0) is 99.7 Å². The van der Waals surface area contributed by atoms with E-state index in [1.165, 1.54) is 36.8 Å². The average molecular weight is 567 g/mol. The fraction of sp³-hybridized carbons (Fsp3) is 0.429. The minimum Gasteiger partial charge on any atom is -0.339 e. The summed E-state index contributed by atoms with van der Waals surface area (Å²) in [5.41, 5.74) is 4.61. The highest BCUT2D eigenvalue weighted by atomic mass is 35.5. The van der Waals surface area contributed by atoms with Gasteiger partial charge in [-0.25, -0.2) is 4.98 Å². The Balaban J connectivity index is 1.06. The van der Waals surface area contributed by atoms with Crippen LogP contribution in [0.5, 0.6) is 0 Å². The van der Waals surface area contributed by atoms with Crippen LogP contribution in [0.4, 0.5) is 0 Å². The Bertz CT molecular complexity index is 1530. The fourth-order valence-corrected chi connectivity index (χ4v) is 8.40. The number of halogens is 1. The molecule has 212 valence electrons. The van der Waals surface area contributed by atoms with Crippen LogP contribution >= 0.6 is 11.6 Å². The summed E-state index contributed by atoms with van der Waals surface area (Å²) in [4.78, 5) is 23.0. The molecule has 0 aliphatic carbocycles. The maximum Gasteiger partial charge on any atom is 0.253 e. The highest BCUT2D eigenvalue weighted by Crippen LogP contribution is 2.45. The zero-order valence-corrected chi connectivity index (χ0v) is 24.6. The Hall–Kier alpha value is -3.15. The van der Waals surface area contributed by atoms with Crippen LogP contribution in [-0.4, -0.2) is 57.0 Å². The van der Waals surface area contributed by atoms with Gasteiger partial charge in [0, 0.05) is 41.8 Å². The summed E-state index contributed by atoms with van der Waals surface area (Å²) in [6.45, 7) is 4.86. The van der Waals surface area contributed by atoms with Crippen molar-refractivity contribution in [2.45, 2.75) is 75.4 Å². The SMILES string of the molecule is Cc1nc2ccccc2n1[C@H]1C[C@H]2CC[C@@H](C1)N2CCC1(c2ccccc2)CCN(C(=O)c2cccc(Cl)c2)CC1. The lowest BCUT2D eigenvalue weighted by Crippen LogP contribution is -2.49. The van der Waals surface area contributed by atoms with Crippen molar-refractivity contribution in [3.05, 3.63) is 101 Å². The third kappa shape index (κ3) is 4.97. The van der Waals surface area contributed by atoms with Crippen LogP contribution in [-0.2, 0) is 5.41 Å². The van der Waals surface area contributed by atoms with E-state index in [0.29, 0.717) is 28.7 Å². The minimum absolute atomic E-state index is 0.0941. The molecule has 0 saturated carbocycles. The van der Waals surface area contributed by atoms with Gasteiger partial charge in [0.05, 0.1) is 11.0 Å². The number of piperidine rings is 2. The molecule has 6 heteroatoms. The largest absolute Gasteiger partial charge is 0.339 e. The number of hydrogen-bond donors (Lipinski definition) is 0. The first-order valence-electron chi connectivity index (χ1n) is 15.3. The third-order valence-electron chi connectivity index (χ3n) is 10.3. The summed E-state index contributed by atoms with van der Waals surface area (Å²) in [6.07, 6.45) is 8.14. The molecule has 7 rings (SSSR count). The maximum absolute atomic E-state index is 13.3. The number of aromatic nitrogens is 2. The molecule has 3 fully saturated rings. The van der Waals surface area contributed by atoms with E-state index in [4.69, 9.17) is 16.6 Å². The predicted molar refractivity (Wildman–Crippen MR) is 166 cm³/mol. The normalized spacial score (nSPS) is 24.1. The van der Waals surface area contributed by atoms with Gasteiger partial charge in [-0.3, -0.25) is 9.69 Å². The summed E-state index contributed by atoms with van der Waals surface area (Å²) < 4.78 is 2.52. The van der Waals surface area contributed by atoms with Crippen LogP contribution in [0.25, 0.3) is 11.0 Å². The second kappa shape index (κ2) is 10.9. The van der Waals surface area contributed by atoms with Gasteiger partial charge in [-0.1, -0.05) is 60.1 Å². The highest BCUT2D eigenvalue weighted by molar-refractivity contribution is 6.30. The lowest BCUT2D eigenvalue weighted by atomic mass is 9.70. The van der Waals surface area contributed by atoms with Gasteiger partial charge in [0.15, 0.2) is 0 Å². The molecule has 41 heavy (non-hydrogen) atoms. The number of amides is 1. The van der Waals surface area contributed by atoms with Crippen LogP contribution in [0.15, 0.2) is 78.9 Å². The number of fused-ring (bicyclic) bond motifs is 3. The maximum atomic E-state index is 13.3. The lowest BCUT2D eigenvalue weighted by Gasteiger charge is -2.45. The van der Waals surface area contributed by atoms with Crippen molar-refractivity contribution in [1.82, 2.24) is 19.4 Å². The average Bonchev–Trinajstić information content (AvgIpc) is 3.46. The number of nitrogens with zero attached hydrogens (tertiary/aromatic N) is 4. The number of carbonyl (C=O) groups excluding carboxylic acids is 1. The molecule has 0 radical (unpaired) electrons. The molecule has 4 heterocycles. The second-order valence-corrected chi connectivity index (χ2v) is 12.9. The van der Waals surface area contributed by atoms with E-state index in [1.54, 1.807) is 6.07 Å². The number of benzene rings is 3. The standard InChI is InChI=1S/C35H39ClN4O/c1-25-37-32-12-5-6-13-33(32)40(25)31-23-29-14-15-30(24-31)39(29)21-18-35(27-9-3-2-4-10-27)16-19-38(20-17-35)34(41)26-8-7-11-28(36)22-26/h2-13,22,29-31H,14-21,23-24H2,1H3/t29-,30+,31+. The van der Waals surface area contributed by atoms with Gasteiger partial charge in [0.2, 0.25) is 0 Å². The van der Waals surface area contributed by atoms with Crippen LogP contribution in [0.1, 0.15) is 72.7 Å². The van der Waals surface area contributed by atoms with Crippen LogP contribution in [0.3, 0.4) is 0 Å². The number of para-hydroxylation sites is 2. The molecule has 3 aliphatic rings. The Labute approximate surface area is 248 Å². The first-order chi connectivity index (χ1) is 20.0. The second-order valence-electron chi connectivity index (χ2n) is 12.5. The molecule has 0 spiro atoms. The van der Waals surface area contributed by atoms with Crippen molar-refractivity contribution in [1.29, 1.82) is 0 Å². The quantitative estimate of drug-likeness (QED) is 0.244. The summed E-state index contributed by atoms with van der Waals surface area (Å²) in [5, 5.41) is 0.612. The first kappa shape index (κ1) is 26.7. The molecule has 0 unspecified atom stereocenters. The molecule has 0 N–H and O–H groups in total. The molecule has 1 amide bonds. The summed E-state index contributed by atoms with van der Waals surface area (Å²) in [7, 11) is 0. The molecule has 3 saturated heterocycles. The molecule has 4 aromatic rings. The van der Waals surface area contributed by atoms with Crippen molar-refractivity contribution in [2.24, 2.45) is 0 Å². The number of likely N-dealkylation sites (tertiary alicyclic amines) is 1. The number of rotatable bonds is 6. The smallest absolute Gasteiger partial charge is 0.253 e. The molecule has 2 bridgehead atoms. The van der Waals surface area contributed by atoms with Gasteiger partial charge < -0.3 is 9.47 Å². The van der Waals surface area contributed by atoms with E-state index in [1.807, 2.05) is 23.1 Å². The Kier molecular flexibility index (Phi) is 7.12. The van der Waals surface area contributed by atoms with E-state index in [9.17, 15) is 4.79 Å². The molecule has 1 aromatic heterocycles. The number of carbonyl (C=O) groups is 1. The van der Waals surface area contributed by atoms with E-state index in [-0.39, 0.29) is 11.3 Å². The predicted octanol–water partition coefficient (Wildman–Crippen LogP) is 7.43. The van der Waals surface area contributed by atoms with Crippen molar-refractivity contribution in [2.75, 3.05) is 19.6 Å². The van der Waals surface area contributed by atoms with E-state index >= 15 is 0 Å². The highest BCUT2D eigenvalue weighted by Gasteiger charge is 2.44. The van der Waals surface area contributed by atoms with Crippen LogP contribution < -0.4 is 0 Å². The Morgan fingerprint density at radius 1 is 0.902 bits per heavy atom. The zero-order valence-electron chi connectivity index (χ0n) is 23.9. The molecular weight excluding hydrogens is 528 g/mol. The van der Waals surface area contributed by atoms with Crippen molar-refractivity contribution in [3.8, 4) is 0 Å². The first-order valence-corrected chi connectivity index (χ1v) is 15.7. The van der Waals surface area contributed by atoms with E-state index in [0.717, 1.165) is 50.2 Å². The topological polar surface area (TPSA) is 41.4 Å². The third-order valence-corrected chi connectivity index (χ3v) is 10.5. The number of imidazole rings is 1. The molecule has 3 aromatic carbocycles. The Morgan fingerprint density at radius 2 is 1.61 bits per heavy atom. The summed E-state index contributed by atoms with van der Waals surface area (Å²) in [5.74, 6) is 1.24. The molecule has 5 nitrogen and oxygen atoms in total. The van der Waals surface area contributed by atoms with Crippen molar-refractivity contribution < 1.29 is 4.79 Å². The van der Waals surface area contributed by atoms with Crippen LogP contribution in [0.2, 0.25) is 5.02 Å². The summed E-state index contributed by atoms with van der Waals surface area (Å²) >= 11 is 6.19. The fourth-order valence-electron chi connectivity index (χ4n) is 8.21. The molecule has 3 aliphatic heterocycles. The van der Waals surface area contributed by atoms with E-state index in [2.05, 4.69) is 71.0 Å². The molecule has 3 atom stereocenters.